The summed E-state index contributed by atoms with van der Waals surface area (Å²) in [6.45, 7) is 0. The summed E-state index contributed by atoms with van der Waals surface area (Å²) in [5.41, 5.74) is 5.69. The monoisotopic (exact) mass is 210 g/mol. The minimum Gasteiger partial charge on any atom is -0.731 e. The van der Waals surface area contributed by atoms with Crippen LogP contribution in [-0.4, -0.2) is 13.0 Å². The Morgan fingerprint density at radius 2 is 1.85 bits per heavy atom. The molecule has 0 aliphatic heterocycles. The van der Waals surface area contributed by atoms with Gasteiger partial charge in [-0.25, -0.2) is 8.42 Å². The number of benzene rings is 1. The topological polar surface area (TPSA) is 95.2 Å². The van der Waals surface area contributed by atoms with Crippen molar-refractivity contribution >= 4 is 21.7 Å². The van der Waals surface area contributed by atoms with E-state index in [9.17, 15) is 13.0 Å². The Hall–Kier alpha value is -0.270. The average Bonchev–Trinajstić information content (AvgIpc) is 1.91. The van der Waals surface area contributed by atoms with Gasteiger partial charge < -0.3 is 10.3 Å². The number of anilines is 2. The van der Waals surface area contributed by atoms with E-state index in [-0.39, 0.29) is 40.9 Å². The smallest absolute Gasteiger partial charge is 0.731 e. The van der Waals surface area contributed by atoms with E-state index in [1.807, 2.05) is 0 Å². The molecule has 1 rings (SSSR count). The van der Waals surface area contributed by atoms with Gasteiger partial charge in [0.05, 0.1) is 11.4 Å². The Bertz CT molecular complexity index is 379. The van der Waals surface area contributed by atoms with Crippen molar-refractivity contribution in [2.45, 2.75) is 0 Å². The van der Waals surface area contributed by atoms with Crippen LogP contribution in [-0.2, 0) is 10.3 Å². The quantitative estimate of drug-likeness (QED) is 0.312. The molecule has 7 heteroatoms. The van der Waals surface area contributed by atoms with E-state index in [1.54, 1.807) is 16.9 Å². The molecule has 0 spiro atoms. The molecule has 0 aliphatic carbocycles. The Kier molecular flexibility index (Phi) is 4.72. The number of nitrogens with one attached hydrogen (secondary N) is 1. The summed E-state index contributed by atoms with van der Waals surface area (Å²) in [4.78, 5) is 0. The maximum absolute atomic E-state index is 10.2. The summed E-state index contributed by atoms with van der Waals surface area (Å²) in [5, 5.41) is 0. The van der Waals surface area contributed by atoms with Gasteiger partial charge in [0, 0.05) is 0 Å². The van der Waals surface area contributed by atoms with E-state index in [4.69, 9.17) is 5.73 Å². The van der Waals surface area contributed by atoms with Crippen molar-refractivity contribution in [3.63, 3.8) is 0 Å². The summed E-state index contributed by atoms with van der Waals surface area (Å²) in [7, 11) is -4.48. The second-order valence-electron chi connectivity index (χ2n) is 2.14. The van der Waals surface area contributed by atoms with Gasteiger partial charge in [-0.3, -0.25) is 4.72 Å². The van der Waals surface area contributed by atoms with Gasteiger partial charge in [0.15, 0.2) is 10.3 Å². The normalized spacial score (nSPS) is 10.2. The second kappa shape index (κ2) is 4.83. The molecule has 0 aliphatic rings. The molecule has 0 atom stereocenters. The number of rotatable bonds is 2. The average molecular weight is 210 g/mol. The van der Waals surface area contributed by atoms with Gasteiger partial charge >= 0.3 is 29.6 Å². The first-order chi connectivity index (χ1) is 5.49. The first-order valence-electron chi connectivity index (χ1n) is 3.07. The molecule has 0 amide bonds. The molecule has 13 heavy (non-hydrogen) atoms. The molecule has 5 nitrogen and oxygen atoms in total. The first-order valence-corrected chi connectivity index (χ1v) is 4.48. The van der Waals surface area contributed by atoms with Crippen LogP contribution >= 0.6 is 0 Å². The zero-order chi connectivity index (χ0) is 9.19. The van der Waals surface area contributed by atoms with Crippen molar-refractivity contribution in [3.8, 4) is 0 Å². The van der Waals surface area contributed by atoms with Crippen molar-refractivity contribution in [2.75, 3.05) is 10.5 Å². The molecule has 0 heterocycles. The van der Waals surface area contributed by atoms with Gasteiger partial charge in [-0.2, -0.15) is 0 Å². The summed E-state index contributed by atoms with van der Waals surface area (Å²) < 4.78 is 32.4. The van der Waals surface area contributed by atoms with Gasteiger partial charge in [0.1, 0.15) is 0 Å². The minimum absolute atomic E-state index is 0. The van der Waals surface area contributed by atoms with E-state index in [2.05, 4.69) is 0 Å². The SMILES string of the molecule is Nc1ccccc1NS(=O)(=O)[O-].[Na+]. The molecular formula is C6H7N2NaO3S. The third kappa shape index (κ3) is 4.49. The molecule has 1 aromatic carbocycles. The third-order valence-corrected chi connectivity index (χ3v) is 1.67. The van der Waals surface area contributed by atoms with Crippen molar-refractivity contribution < 1.29 is 42.5 Å². The third-order valence-electron chi connectivity index (χ3n) is 1.20. The molecule has 66 valence electrons. The van der Waals surface area contributed by atoms with Crippen LogP contribution in [0.1, 0.15) is 0 Å². The van der Waals surface area contributed by atoms with Gasteiger partial charge in [0.2, 0.25) is 0 Å². The second-order valence-corrected chi connectivity index (χ2v) is 3.26. The standard InChI is InChI=1S/C6H8N2O3S.Na/c7-5-3-1-2-4-6(5)8-12(9,10)11;/h1-4,8H,7H2,(H,9,10,11);/q;+1/p-1. The fourth-order valence-corrected chi connectivity index (χ4v) is 1.18. The molecular weight excluding hydrogens is 203 g/mol. The predicted octanol–water partition coefficient (Wildman–Crippen LogP) is -2.86. The zero-order valence-electron chi connectivity index (χ0n) is 7.02. The van der Waals surface area contributed by atoms with Crippen LogP contribution in [0.3, 0.4) is 0 Å². The van der Waals surface area contributed by atoms with Gasteiger partial charge in [-0.15, -0.1) is 0 Å². The molecule has 0 aromatic heterocycles. The van der Waals surface area contributed by atoms with E-state index in [0.29, 0.717) is 0 Å². The fourth-order valence-electron chi connectivity index (χ4n) is 0.725. The predicted molar refractivity (Wildman–Crippen MR) is 44.2 cm³/mol. The summed E-state index contributed by atoms with van der Waals surface area (Å²) in [6.07, 6.45) is 0. The fraction of sp³-hybridized carbons (Fsp3) is 0. The Labute approximate surface area is 98.5 Å². The minimum atomic E-state index is -4.48. The van der Waals surface area contributed by atoms with E-state index in [0.717, 1.165) is 0 Å². The number of para-hydroxylation sites is 2. The molecule has 0 saturated heterocycles. The van der Waals surface area contributed by atoms with E-state index < -0.39 is 10.3 Å². The maximum Gasteiger partial charge on any atom is 1.00 e. The first kappa shape index (κ1) is 12.7. The van der Waals surface area contributed by atoms with Crippen LogP contribution in [0.5, 0.6) is 0 Å². The Morgan fingerprint density at radius 1 is 1.31 bits per heavy atom. The molecule has 0 radical (unpaired) electrons. The van der Waals surface area contributed by atoms with Crippen LogP contribution in [0.25, 0.3) is 0 Å². The van der Waals surface area contributed by atoms with Gasteiger partial charge in [-0.1, -0.05) is 12.1 Å². The van der Waals surface area contributed by atoms with Crippen LogP contribution in [0.4, 0.5) is 11.4 Å². The zero-order valence-corrected chi connectivity index (χ0v) is 9.84. The van der Waals surface area contributed by atoms with Crippen LogP contribution in [0.15, 0.2) is 24.3 Å². The largest absolute Gasteiger partial charge is 1.00 e. The number of nitrogen functional groups attached to an aromatic ring is 1. The number of hydrogen-bond donors (Lipinski definition) is 2. The number of hydrogen-bond acceptors (Lipinski definition) is 4. The van der Waals surface area contributed by atoms with Crippen molar-refractivity contribution in [2.24, 2.45) is 0 Å². The Balaban J connectivity index is 0.00000144. The molecule has 0 unspecified atom stereocenters. The van der Waals surface area contributed by atoms with E-state index in [1.165, 1.54) is 12.1 Å². The van der Waals surface area contributed by atoms with E-state index >= 15 is 0 Å². The van der Waals surface area contributed by atoms with Crippen LogP contribution < -0.4 is 40.0 Å². The van der Waals surface area contributed by atoms with Crippen molar-refractivity contribution in [1.29, 1.82) is 0 Å². The summed E-state index contributed by atoms with van der Waals surface area (Å²) in [5.74, 6) is 0. The molecule has 0 bridgehead atoms. The summed E-state index contributed by atoms with van der Waals surface area (Å²) >= 11 is 0. The van der Waals surface area contributed by atoms with Crippen LogP contribution in [0, 0.1) is 0 Å². The molecule has 3 N–H and O–H groups in total. The summed E-state index contributed by atoms with van der Waals surface area (Å²) in [6, 6.07) is 6.11. The maximum atomic E-state index is 10.2. The number of nitrogens with two attached hydrogens (primary N) is 1. The van der Waals surface area contributed by atoms with Crippen molar-refractivity contribution in [1.82, 2.24) is 0 Å². The van der Waals surface area contributed by atoms with Crippen LogP contribution in [0.2, 0.25) is 0 Å². The van der Waals surface area contributed by atoms with Gasteiger partial charge in [-0.05, 0) is 12.1 Å². The molecule has 1 aromatic rings. The molecule has 0 fully saturated rings. The Morgan fingerprint density at radius 3 is 2.31 bits per heavy atom. The molecule has 0 saturated carbocycles. The van der Waals surface area contributed by atoms with Crippen molar-refractivity contribution in [3.05, 3.63) is 24.3 Å². The van der Waals surface area contributed by atoms with Gasteiger partial charge in [0.25, 0.3) is 0 Å².